The molecular formula is C15H14Cl2FNO. The van der Waals surface area contributed by atoms with Gasteiger partial charge in [-0.25, -0.2) is 4.39 Å². The zero-order valence-electron chi connectivity index (χ0n) is 11.1. The number of ether oxygens (including phenoxy) is 1. The molecule has 1 atom stereocenters. The number of hydrogen-bond acceptors (Lipinski definition) is 2. The Morgan fingerprint density at radius 1 is 1.05 bits per heavy atom. The normalized spacial score (nSPS) is 12.2. The summed E-state index contributed by atoms with van der Waals surface area (Å²) in [7, 11) is 3.23. The highest BCUT2D eigenvalue weighted by atomic mass is 35.5. The predicted octanol–water partition coefficient (Wildman–Crippen LogP) is 4.45. The number of nitrogens with one attached hydrogen (secondary N) is 1. The molecule has 1 N–H and O–H groups in total. The molecule has 0 aromatic heterocycles. The molecule has 0 amide bonds. The average molecular weight is 314 g/mol. The van der Waals surface area contributed by atoms with Gasteiger partial charge in [0, 0.05) is 10.0 Å². The fraction of sp³-hybridized carbons (Fsp3) is 0.200. The highest BCUT2D eigenvalue weighted by molar-refractivity contribution is 6.34. The summed E-state index contributed by atoms with van der Waals surface area (Å²) in [6.45, 7) is 0. The first-order valence-corrected chi connectivity index (χ1v) is 6.77. The van der Waals surface area contributed by atoms with Gasteiger partial charge in [-0.2, -0.15) is 0 Å². The van der Waals surface area contributed by atoms with Crippen molar-refractivity contribution < 1.29 is 9.13 Å². The SMILES string of the molecule is CNC(c1cc(Cl)cc(Cl)c1)c1ccc(OC)c(F)c1. The Morgan fingerprint density at radius 2 is 1.70 bits per heavy atom. The lowest BCUT2D eigenvalue weighted by Crippen LogP contribution is -2.18. The van der Waals surface area contributed by atoms with Crippen molar-refractivity contribution in [2.45, 2.75) is 6.04 Å². The van der Waals surface area contributed by atoms with E-state index in [1.807, 2.05) is 0 Å². The van der Waals surface area contributed by atoms with E-state index < -0.39 is 5.82 Å². The van der Waals surface area contributed by atoms with Gasteiger partial charge in [-0.05, 0) is 48.5 Å². The van der Waals surface area contributed by atoms with E-state index >= 15 is 0 Å². The van der Waals surface area contributed by atoms with Crippen molar-refractivity contribution in [2.75, 3.05) is 14.2 Å². The molecule has 0 saturated heterocycles. The fourth-order valence-corrected chi connectivity index (χ4v) is 2.67. The molecule has 0 bridgehead atoms. The van der Waals surface area contributed by atoms with Crippen LogP contribution in [0, 0.1) is 5.82 Å². The Hall–Kier alpha value is -1.29. The second-order valence-corrected chi connectivity index (χ2v) is 5.19. The van der Waals surface area contributed by atoms with Gasteiger partial charge in [0.2, 0.25) is 0 Å². The summed E-state index contributed by atoms with van der Waals surface area (Å²) >= 11 is 12.0. The Morgan fingerprint density at radius 3 is 2.20 bits per heavy atom. The third kappa shape index (κ3) is 3.23. The van der Waals surface area contributed by atoms with Crippen LogP contribution in [0.15, 0.2) is 36.4 Å². The molecule has 5 heteroatoms. The van der Waals surface area contributed by atoms with Gasteiger partial charge in [0.25, 0.3) is 0 Å². The van der Waals surface area contributed by atoms with Crippen LogP contribution in [0.3, 0.4) is 0 Å². The number of methoxy groups -OCH3 is 1. The zero-order chi connectivity index (χ0) is 14.7. The van der Waals surface area contributed by atoms with Crippen LogP contribution >= 0.6 is 23.2 Å². The Labute approximate surface area is 127 Å². The van der Waals surface area contributed by atoms with Gasteiger partial charge in [0.1, 0.15) is 0 Å². The molecular weight excluding hydrogens is 300 g/mol. The molecule has 1 unspecified atom stereocenters. The minimum atomic E-state index is -0.404. The summed E-state index contributed by atoms with van der Waals surface area (Å²) in [5, 5.41) is 4.22. The molecule has 2 aromatic rings. The third-order valence-corrected chi connectivity index (χ3v) is 3.45. The highest BCUT2D eigenvalue weighted by Crippen LogP contribution is 2.29. The van der Waals surface area contributed by atoms with E-state index in [1.54, 1.807) is 37.4 Å². The minimum absolute atomic E-state index is 0.202. The van der Waals surface area contributed by atoms with Crippen molar-refractivity contribution >= 4 is 23.2 Å². The van der Waals surface area contributed by atoms with E-state index in [4.69, 9.17) is 27.9 Å². The first-order chi connectivity index (χ1) is 9.55. The number of rotatable bonds is 4. The van der Waals surface area contributed by atoms with E-state index in [2.05, 4.69) is 5.32 Å². The van der Waals surface area contributed by atoms with Gasteiger partial charge in [0.05, 0.1) is 13.2 Å². The van der Waals surface area contributed by atoms with Crippen molar-refractivity contribution in [2.24, 2.45) is 0 Å². The third-order valence-electron chi connectivity index (χ3n) is 3.02. The van der Waals surface area contributed by atoms with Crippen molar-refractivity contribution in [3.63, 3.8) is 0 Å². The molecule has 20 heavy (non-hydrogen) atoms. The summed E-state index contributed by atoms with van der Waals surface area (Å²) in [6.07, 6.45) is 0. The summed E-state index contributed by atoms with van der Waals surface area (Å²) in [6, 6.07) is 9.90. The van der Waals surface area contributed by atoms with E-state index in [-0.39, 0.29) is 11.8 Å². The van der Waals surface area contributed by atoms with E-state index in [0.717, 1.165) is 11.1 Å². The van der Waals surface area contributed by atoms with Crippen LogP contribution in [0.5, 0.6) is 5.75 Å². The summed E-state index contributed by atoms with van der Waals surface area (Å²) in [5.74, 6) is -0.189. The fourth-order valence-electron chi connectivity index (χ4n) is 2.13. The molecule has 0 spiro atoms. The first kappa shape index (κ1) is 15.1. The summed E-state index contributed by atoms with van der Waals surface area (Å²) < 4.78 is 18.7. The van der Waals surface area contributed by atoms with Crippen molar-refractivity contribution in [3.05, 3.63) is 63.4 Å². The maximum absolute atomic E-state index is 13.8. The average Bonchev–Trinajstić information content (AvgIpc) is 2.38. The lowest BCUT2D eigenvalue weighted by molar-refractivity contribution is 0.386. The van der Waals surface area contributed by atoms with Gasteiger partial charge in [-0.1, -0.05) is 29.3 Å². The molecule has 2 nitrogen and oxygen atoms in total. The second kappa shape index (κ2) is 6.44. The molecule has 2 aromatic carbocycles. The van der Waals surface area contributed by atoms with Crippen LogP contribution in [-0.2, 0) is 0 Å². The number of halogens is 3. The van der Waals surface area contributed by atoms with Crippen LogP contribution in [0.4, 0.5) is 4.39 Å². The topological polar surface area (TPSA) is 21.3 Å². The van der Waals surface area contributed by atoms with Crippen molar-refractivity contribution in [1.29, 1.82) is 0 Å². The van der Waals surface area contributed by atoms with Gasteiger partial charge in [-0.3, -0.25) is 0 Å². The molecule has 0 aliphatic heterocycles. The zero-order valence-corrected chi connectivity index (χ0v) is 12.6. The second-order valence-electron chi connectivity index (χ2n) is 4.32. The van der Waals surface area contributed by atoms with Crippen molar-refractivity contribution in [3.8, 4) is 5.75 Å². The Kier molecular flexibility index (Phi) is 4.86. The molecule has 0 saturated carbocycles. The molecule has 0 aliphatic rings. The molecule has 2 rings (SSSR count). The van der Waals surface area contributed by atoms with Crippen molar-refractivity contribution in [1.82, 2.24) is 5.32 Å². The van der Waals surface area contributed by atoms with Crippen LogP contribution in [0.25, 0.3) is 0 Å². The van der Waals surface area contributed by atoms with E-state index in [1.165, 1.54) is 13.2 Å². The standard InChI is InChI=1S/C15H14Cl2FNO/c1-19-15(10-5-11(16)8-12(17)6-10)9-3-4-14(20-2)13(18)7-9/h3-8,15,19H,1-2H3. The smallest absolute Gasteiger partial charge is 0.165 e. The van der Waals surface area contributed by atoms with Crippen LogP contribution in [-0.4, -0.2) is 14.2 Å². The molecule has 0 radical (unpaired) electrons. The lowest BCUT2D eigenvalue weighted by Gasteiger charge is -2.18. The van der Waals surface area contributed by atoms with Gasteiger partial charge in [0.15, 0.2) is 11.6 Å². The van der Waals surface area contributed by atoms with E-state index in [9.17, 15) is 4.39 Å². The maximum atomic E-state index is 13.8. The van der Waals surface area contributed by atoms with Crippen LogP contribution < -0.4 is 10.1 Å². The Bertz CT molecular complexity index is 599. The first-order valence-electron chi connectivity index (χ1n) is 6.02. The van der Waals surface area contributed by atoms with Crippen LogP contribution in [0.2, 0.25) is 10.0 Å². The van der Waals surface area contributed by atoms with E-state index in [0.29, 0.717) is 10.0 Å². The molecule has 106 valence electrons. The summed E-state index contributed by atoms with van der Waals surface area (Å²) in [4.78, 5) is 0. The largest absolute Gasteiger partial charge is 0.494 e. The predicted molar refractivity (Wildman–Crippen MR) is 80.3 cm³/mol. The van der Waals surface area contributed by atoms with Gasteiger partial charge >= 0.3 is 0 Å². The molecule has 0 heterocycles. The Balaban J connectivity index is 2.44. The number of hydrogen-bond donors (Lipinski definition) is 1. The summed E-state index contributed by atoms with van der Waals surface area (Å²) in [5.41, 5.74) is 1.64. The maximum Gasteiger partial charge on any atom is 0.165 e. The van der Waals surface area contributed by atoms with Gasteiger partial charge < -0.3 is 10.1 Å². The molecule has 0 aliphatic carbocycles. The number of benzene rings is 2. The van der Waals surface area contributed by atoms with Crippen LogP contribution in [0.1, 0.15) is 17.2 Å². The van der Waals surface area contributed by atoms with Gasteiger partial charge in [-0.15, -0.1) is 0 Å². The highest BCUT2D eigenvalue weighted by Gasteiger charge is 2.15. The monoisotopic (exact) mass is 313 g/mol. The molecule has 0 fully saturated rings. The lowest BCUT2D eigenvalue weighted by atomic mass is 9.98. The minimum Gasteiger partial charge on any atom is -0.494 e. The quantitative estimate of drug-likeness (QED) is 0.900.